The number of hydrogen-bond donors (Lipinski definition) is 3. The number of thioether (sulfide) groups is 1. The molecule has 0 bridgehead atoms. The third-order valence-corrected chi connectivity index (χ3v) is 5.86. The first kappa shape index (κ1) is 18.8. The first-order chi connectivity index (χ1) is 13.5. The highest BCUT2D eigenvalue weighted by molar-refractivity contribution is 8.15. The number of nitrogens with zero attached hydrogens (tertiary/aromatic N) is 3. The summed E-state index contributed by atoms with van der Waals surface area (Å²) in [6, 6.07) is 14.0. The maximum Gasteiger partial charge on any atom is 0.147 e. The minimum absolute atomic E-state index is 0.107. The van der Waals surface area contributed by atoms with Gasteiger partial charge in [0.05, 0.1) is 19.2 Å². The Morgan fingerprint density at radius 2 is 2.11 bits per heavy atom. The summed E-state index contributed by atoms with van der Waals surface area (Å²) in [7, 11) is 1.67. The molecular formula is C20H24N6OS. The van der Waals surface area contributed by atoms with E-state index in [1.807, 2.05) is 48.3 Å². The molecule has 1 aromatic heterocycles. The number of nitrogens with one attached hydrogen (secondary N) is 1. The van der Waals surface area contributed by atoms with Crippen LogP contribution in [0.4, 0.5) is 0 Å². The molecule has 2 aromatic carbocycles. The van der Waals surface area contributed by atoms with Gasteiger partial charge in [-0.25, -0.2) is 0 Å². The molecule has 2 heterocycles. The molecule has 1 unspecified atom stereocenters. The van der Waals surface area contributed by atoms with E-state index in [0.717, 1.165) is 38.5 Å². The monoisotopic (exact) mass is 396 g/mol. The number of fused-ring (bicyclic) bond motifs is 1. The van der Waals surface area contributed by atoms with Crippen LogP contribution < -0.4 is 16.2 Å². The molecule has 0 radical (unpaired) electrons. The molecule has 0 amide bonds. The summed E-state index contributed by atoms with van der Waals surface area (Å²) in [5.74, 6) is 0.853. The second-order valence-electron chi connectivity index (χ2n) is 6.89. The number of hydrazone groups is 1. The van der Waals surface area contributed by atoms with Gasteiger partial charge in [0.15, 0.2) is 0 Å². The topological polar surface area (TPSA) is 106 Å². The van der Waals surface area contributed by atoms with Crippen molar-refractivity contribution in [3.8, 4) is 5.75 Å². The van der Waals surface area contributed by atoms with Gasteiger partial charge < -0.3 is 16.2 Å². The number of ether oxygens (including phenoxy) is 1. The van der Waals surface area contributed by atoms with Gasteiger partial charge in [0.2, 0.25) is 0 Å². The Labute approximate surface area is 168 Å². The number of aryl methyl sites for hydroxylation is 1. The molecule has 1 aliphatic rings. The van der Waals surface area contributed by atoms with Crippen molar-refractivity contribution in [3.63, 3.8) is 0 Å². The van der Waals surface area contributed by atoms with Crippen LogP contribution in [0, 0.1) is 6.92 Å². The molecule has 0 saturated carbocycles. The molecule has 146 valence electrons. The lowest BCUT2D eigenvalue weighted by Gasteiger charge is -2.23. The number of aromatic amines is 1. The van der Waals surface area contributed by atoms with Crippen LogP contribution in [-0.2, 0) is 6.42 Å². The Kier molecular flexibility index (Phi) is 5.25. The zero-order valence-corrected chi connectivity index (χ0v) is 16.7. The van der Waals surface area contributed by atoms with Crippen molar-refractivity contribution in [2.45, 2.75) is 24.9 Å². The molecule has 0 spiro atoms. The number of para-hydroxylation sites is 1. The lowest BCUT2D eigenvalue weighted by Crippen LogP contribution is -2.42. The SMILES string of the molecule is COc1ccccc1C[C@@H](N)CN1N=C(c2ccc3n[nH]c(C)c3c2)SC1N. The van der Waals surface area contributed by atoms with E-state index < -0.39 is 0 Å². The Balaban J connectivity index is 1.48. The quantitative estimate of drug-likeness (QED) is 0.591. The van der Waals surface area contributed by atoms with Gasteiger partial charge >= 0.3 is 0 Å². The standard InChI is InChI=1S/C20H24N6OS/c1-12-16-10-14(7-8-17(16)24-23-12)19-25-26(20(22)28-19)11-15(21)9-13-5-3-4-6-18(13)27-2/h3-8,10,15,20H,9,11,21-22H2,1-2H3,(H,23,24)/t15-,20?/m1/s1. The molecule has 0 fully saturated rings. The van der Waals surface area contributed by atoms with Gasteiger partial charge in [-0.2, -0.15) is 10.2 Å². The first-order valence-electron chi connectivity index (χ1n) is 9.15. The predicted octanol–water partition coefficient (Wildman–Crippen LogP) is 2.40. The number of nitrogens with two attached hydrogens (primary N) is 2. The summed E-state index contributed by atoms with van der Waals surface area (Å²) >= 11 is 1.54. The van der Waals surface area contributed by atoms with Gasteiger partial charge in [0, 0.05) is 22.7 Å². The maximum absolute atomic E-state index is 6.39. The van der Waals surface area contributed by atoms with Crippen LogP contribution in [-0.4, -0.2) is 45.4 Å². The van der Waals surface area contributed by atoms with Crippen molar-refractivity contribution in [2.24, 2.45) is 16.6 Å². The lowest BCUT2D eigenvalue weighted by atomic mass is 10.1. The first-order valence-corrected chi connectivity index (χ1v) is 10.0. The van der Waals surface area contributed by atoms with Crippen LogP contribution in [0.1, 0.15) is 16.8 Å². The largest absolute Gasteiger partial charge is 0.496 e. The van der Waals surface area contributed by atoms with E-state index >= 15 is 0 Å². The summed E-state index contributed by atoms with van der Waals surface area (Å²) in [5.41, 5.74) is 16.6. The fourth-order valence-electron chi connectivity index (χ4n) is 3.37. The lowest BCUT2D eigenvalue weighted by molar-refractivity contribution is 0.261. The fourth-order valence-corrected chi connectivity index (χ4v) is 4.27. The molecule has 4 rings (SSSR count). The molecule has 1 aliphatic heterocycles. The maximum atomic E-state index is 6.39. The van der Waals surface area contributed by atoms with Gasteiger partial charge in [-0.05, 0) is 43.2 Å². The van der Waals surface area contributed by atoms with Crippen molar-refractivity contribution < 1.29 is 4.74 Å². The van der Waals surface area contributed by atoms with E-state index in [-0.39, 0.29) is 11.5 Å². The van der Waals surface area contributed by atoms with E-state index in [9.17, 15) is 0 Å². The van der Waals surface area contributed by atoms with Gasteiger partial charge in [-0.3, -0.25) is 10.1 Å². The summed E-state index contributed by atoms with van der Waals surface area (Å²) in [4.78, 5) is 0. The minimum Gasteiger partial charge on any atom is -0.496 e. The second kappa shape index (κ2) is 7.83. The van der Waals surface area contributed by atoms with E-state index in [1.54, 1.807) is 18.9 Å². The molecule has 0 saturated heterocycles. The fraction of sp³-hybridized carbons (Fsp3) is 0.300. The van der Waals surface area contributed by atoms with Crippen molar-refractivity contribution >= 4 is 27.7 Å². The highest BCUT2D eigenvalue weighted by atomic mass is 32.2. The van der Waals surface area contributed by atoms with E-state index in [2.05, 4.69) is 16.3 Å². The summed E-state index contributed by atoms with van der Waals surface area (Å²) in [6.45, 7) is 2.58. The van der Waals surface area contributed by atoms with Crippen LogP contribution in [0.2, 0.25) is 0 Å². The predicted molar refractivity (Wildman–Crippen MR) is 114 cm³/mol. The third kappa shape index (κ3) is 3.71. The normalized spacial score (nSPS) is 17.8. The number of H-pyrrole nitrogens is 1. The highest BCUT2D eigenvalue weighted by Gasteiger charge is 2.27. The average molecular weight is 397 g/mol. The van der Waals surface area contributed by atoms with Crippen molar-refractivity contribution in [3.05, 3.63) is 59.3 Å². The van der Waals surface area contributed by atoms with Crippen LogP contribution >= 0.6 is 11.8 Å². The molecular weight excluding hydrogens is 372 g/mol. The number of hydrogen-bond acceptors (Lipinski definition) is 7. The molecule has 2 atom stereocenters. The molecule has 5 N–H and O–H groups in total. The van der Waals surface area contributed by atoms with E-state index in [0.29, 0.717) is 13.0 Å². The second-order valence-corrected chi connectivity index (χ2v) is 8.00. The Bertz CT molecular complexity index is 1020. The van der Waals surface area contributed by atoms with Crippen LogP contribution in [0.15, 0.2) is 47.6 Å². The third-order valence-electron chi connectivity index (χ3n) is 4.83. The molecule has 8 heteroatoms. The molecule has 28 heavy (non-hydrogen) atoms. The summed E-state index contributed by atoms with van der Waals surface area (Å²) in [6.07, 6.45) is 0.697. The van der Waals surface area contributed by atoms with Crippen molar-refractivity contribution in [2.75, 3.05) is 13.7 Å². The zero-order valence-electron chi connectivity index (χ0n) is 15.9. The Morgan fingerprint density at radius 3 is 2.93 bits per heavy atom. The van der Waals surface area contributed by atoms with E-state index in [4.69, 9.17) is 21.3 Å². The number of benzene rings is 2. The molecule has 3 aromatic rings. The molecule has 7 nitrogen and oxygen atoms in total. The zero-order chi connectivity index (χ0) is 19.7. The van der Waals surface area contributed by atoms with Crippen LogP contribution in [0.3, 0.4) is 0 Å². The minimum atomic E-state index is -0.250. The van der Waals surface area contributed by atoms with Gasteiger partial charge in [0.25, 0.3) is 0 Å². The molecule has 0 aliphatic carbocycles. The Morgan fingerprint density at radius 1 is 1.29 bits per heavy atom. The smallest absolute Gasteiger partial charge is 0.147 e. The number of methoxy groups -OCH3 is 1. The van der Waals surface area contributed by atoms with Gasteiger partial charge in [-0.15, -0.1) is 0 Å². The van der Waals surface area contributed by atoms with Crippen LogP contribution in [0.25, 0.3) is 10.9 Å². The van der Waals surface area contributed by atoms with Crippen LogP contribution in [0.5, 0.6) is 5.75 Å². The summed E-state index contributed by atoms with van der Waals surface area (Å²) < 4.78 is 5.42. The van der Waals surface area contributed by atoms with E-state index in [1.165, 1.54) is 0 Å². The number of aromatic nitrogens is 2. The average Bonchev–Trinajstić information content (AvgIpc) is 3.25. The highest BCUT2D eigenvalue weighted by Crippen LogP contribution is 2.29. The van der Waals surface area contributed by atoms with Crippen molar-refractivity contribution in [1.29, 1.82) is 0 Å². The van der Waals surface area contributed by atoms with Crippen molar-refractivity contribution in [1.82, 2.24) is 15.2 Å². The van der Waals surface area contributed by atoms with Gasteiger partial charge in [-0.1, -0.05) is 30.0 Å². The summed E-state index contributed by atoms with van der Waals surface area (Å²) in [5, 5.41) is 15.9. The Hall–Kier alpha value is -2.55. The number of rotatable bonds is 6. The van der Waals surface area contributed by atoms with Gasteiger partial charge in [0.1, 0.15) is 16.3 Å².